The van der Waals surface area contributed by atoms with E-state index in [2.05, 4.69) is 15.2 Å². The molecule has 0 radical (unpaired) electrons. The molecule has 0 aliphatic carbocycles. The molecule has 1 fully saturated rings. The van der Waals surface area contributed by atoms with Crippen molar-refractivity contribution in [1.29, 1.82) is 0 Å². The summed E-state index contributed by atoms with van der Waals surface area (Å²) in [7, 11) is 4.61. The molecule has 0 bridgehead atoms. The van der Waals surface area contributed by atoms with Gasteiger partial charge in [-0.3, -0.25) is 4.79 Å². The van der Waals surface area contributed by atoms with E-state index in [4.69, 9.17) is 14.2 Å². The number of amides is 1. The van der Waals surface area contributed by atoms with E-state index in [1.54, 1.807) is 23.5 Å². The normalized spacial score (nSPS) is 14.8. The third kappa shape index (κ3) is 3.85. The maximum Gasteiger partial charge on any atom is 0.251 e. The summed E-state index contributed by atoms with van der Waals surface area (Å²) in [5.41, 5.74) is 0.488. The van der Waals surface area contributed by atoms with Gasteiger partial charge in [0.2, 0.25) is 5.75 Å². The minimum Gasteiger partial charge on any atom is -0.493 e. The number of hydrogen-bond acceptors (Lipinski definition) is 7. The van der Waals surface area contributed by atoms with E-state index in [1.165, 1.54) is 21.3 Å². The Hall–Kier alpha value is -2.48. The quantitative estimate of drug-likeness (QED) is 0.834. The average Bonchev–Trinajstić information content (AvgIpc) is 3.22. The third-order valence-electron chi connectivity index (χ3n) is 4.45. The number of piperidine rings is 1. The van der Waals surface area contributed by atoms with Crippen LogP contribution in [-0.2, 0) is 0 Å². The Labute approximate surface area is 156 Å². The van der Waals surface area contributed by atoms with Gasteiger partial charge in [-0.1, -0.05) is 0 Å². The predicted octanol–water partition coefficient (Wildman–Crippen LogP) is 2.57. The van der Waals surface area contributed by atoms with Crippen LogP contribution in [0.5, 0.6) is 17.2 Å². The van der Waals surface area contributed by atoms with E-state index in [1.807, 2.05) is 11.6 Å². The highest BCUT2D eigenvalue weighted by Crippen LogP contribution is 2.38. The van der Waals surface area contributed by atoms with Crippen LogP contribution < -0.4 is 24.4 Å². The van der Waals surface area contributed by atoms with Gasteiger partial charge in [-0.2, -0.15) is 0 Å². The largest absolute Gasteiger partial charge is 0.493 e. The monoisotopic (exact) mass is 377 g/mol. The first-order valence-electron chi connectivity index (χ1n) is 8.41. The lowest BCUT2D eigenvalue weighted by Gasteiger charge is -2.32. The van der Waals surface area contributed by atoms with Crippen LogP contribution in [0.25, 0.3) is 0 Å². The summed E-state index contributed by atoms with van der Waals surface area (Å²) in [6.07, 6.45) is 3.59. The van der Waals surface area contributed by atoms with E-state index >= 15 is 0 Å². The predicted molar refractivity (Wildman–Crippen MR) is 101 cm³/mol. The number of rotatable bonds is 6. The smallest absolute Gasteiger partial charge is 0.251 e. The molecule has 7 nitrogen and oxygen atoms in total. The molecule has 0 atom stereocenters. The van der Waals surface area contributed by atoms with Crippen LogP contribution in [0.3, 0.4) is 0 Å². The van der Waals surface area contributed by atoms with Crippen molar-refractivity contribution in [2.75, 3.05) is 39.3 Å². The molecule has 0 saturated carbocycles. The second-order valence-electron chi connectivity index (χ2n) is 5.96. The fourth-order valence-electron chi connectivity index (χ4n) is 3.07. The van der Waals surface area contributed by atoms with Crippen LogP contribution in [0.4, 0.5) is 5.13 Å². The van der Waals surface area contributed by atoms with Gasteiger partial charge in [0.25, 0.3) is 5.91 Å². The van der Waals surface area contributed by atoms with Crippen molar-refractivity contribution < 1.29 is 19.0 Å². The number of hydrogen-bond donors (Lipinski definition) is 1. The number of nitrogens with one attached hydrogen (secondary N) is 1. The van der Waals surface area contributed by atoms with Crippen LogP contribution in [0.1, 0.15) is 23.2 Å². The summed E-state index contributed by atoms with van der Waals surface area (Å²) in [4.78, 5) is 19.3. The number of methoxy groups -OCH3 is 3. The zero-order valence-corrected chi connectivity index (χ0v) is 16.0. The number of carbonyl (C=O) groups excluding carboxylic acids is 1. The highest BCUT2D eigenvalue weighted by Gasteiger charge is 2.24. The molecule has 1 saturated heterocycles. The highest BCUT2D eigenvalue weighted by atomic mass is 32.1. The Balaban J connectivity index is 1.65. The molecule has 1 N–H and O–H groups in total. The van der Waals surface area contributed by atoms with Crippen LogP contribution >= 0.6 is 11.3 Å². The maximum atomic E-state index is 12.7. The lowest BCUT2D eigenvalue weighted by molar-refractivity contribution is 0.0930. The number of thiazole rings is 1. The van der Waals surface area contributed by atoms with Crippen molar-refractivity contribution >= 4 is 22.4 Å². The van der Waals surface area contributed by atoms with Crippen LogP contribution in [0, 0.1) is 0 Å². The van der Waals surface area contributed by atoms with Crippen molar-refractivity contribution in [2.24, 2.45) is 0 Å². The standard InChI is InChI=1S/C18H23N3O4S/c1-23-14-10-12(11-15(24-2)16(14)25-3)17(22)20-13-4-7-21(8-5-13)18-19-6-9-26-18/h6,9-11,13H,4-5,7-8H2,1-3H3,(H,20,22). The molecule has 1 aliphatic rings. The third-order valence-corrected chi connectivity index (χ3v) is 5.28. The first kappa shape index (κ1) is 18.3. The zero-order valence-electron chi connectivity index (χ0n) is 15.2. The van der Waals surface area contributed by atoms with Crippen molar-refractivity contribution in [1.82, 2.24) is 10.3 Å². The molecule has 140 valence electrons. The fraction of sp³-hybridized carbons (Fsp3) is 0.444. The van der Waals surface area contributed by atoms with E-state index in [0.717, 1.165) is 31.1 Å². The van der Waals surface area contributed by atoms with E-state index < -0.39 is 0 Å². The summed E-state index contributed by atoms with van der Waals surface area (Å²) >= 11 is 1.64. The summed E-state index contributed by atoms with van der Waals surface area (Å²) < 4.78 is 15.9. The van der Waals surface area contributed by atoms with Gasteiger partial charge in [-0.25, -0.2) is 4.98 Å². The van der Waals surface area contributed by atoms with Gasteiger partial charge in [0.15, 0.2) is 16.6 Å². The molecular weight excluding hydrogens is 354 g/mol. The van der Waals surface area contributed by atoms with Gasteiger partial charge in [-0.15, -0.1) is 11.3 Å². The minimum atomic E-state index is -0.142. The first-order chi connectivity index (χ1) is 12.7. The molecule has 0 spiro atoms. The van der Waals surface area contributed by atoms with Crippen LogP contribution in [0.15, 0.2) is 23.7 Å². The molecule has 0 unspecified atom stereocenters. The van der Waals surface area contributed by atoms with Gasteiger partial charge in [0, 0.05) is 36.3 Å². The molecular formula is C18H23N3O4S. The SMILES string of the molecule is COc1cc(C(=O)NC2CCN(c3nccs3)CC2)cc(OC)c1OC. The second kappa shape index (κ2) is 8.27. The lowest BCUT2D eigenvalue weighted by atomic mass is 10.0. The Morgan fingerprint density at radius 2 is 1.81 bits per heavy atom. The van der Waals surface area contributed by atoms with Crippen molar-refractivity contribution in [3.05, 3.63) is 29.3 Å². The molecule has 26 heavy (non-hydrogen) atoms. The Morgan fingerprint density at radius 3 is 2.31 bits per heavy atom. The molecule has 1 aromatic carbocycles. The molecule has 1 aromatic heterocycles. The Morgan fingerprint density at radius 1 is 1.15 bits per heavy atom. The van der Waals surface area contributed by atoms with Crippen LogP contribution in [-0.4, -0.2) is 51.4 Å². The summed E-state index contributed by atoms with van der Waals surface area (Å²) in [5, 5.41) is 6.13. The molecule has 2 heterocycles. The number of aromatic nitrogens is 1. The van der Waals surface area contributed by atoms with Gasteiger partial charge in [0.1, 0.15) is 0 Å². The van der Waals surface area contributed by atoms with Gasteiger partial charge in [0.05, 0.1) is 21.3 Å². The van der Waals surface area contributed by atoms with E-state index in [9.17, 15) is 4.79 Å². The molecule has 1 amide bonds. The molecule has 1 aliphatic heterocycles. The summed E-state index contributed by atoms with van der Waals surface area (Å²) in [5.74, 6) is 1.27. The van der Waals surface area contributed by atoms with E-state index in [-0.39, 0.29) is 11.9 Å². The van der Waals surface area contributed by atoms with Crippen LogP contribution in [0.2, 0.25) is 0 Å². The lowest BCUT2D eigenvalue weighted by Crippen LogP contribution is -2.44. The molecule has 8 heteroatoms. The number of benzene rings is 1. The summed E-state index contributed by atoms with van der Waals surface area (Å²) in [6.45, 7) is 1.77. The Bertz CT molecular complexity index is 718. The number of anilines is 1. The van der Waals surface area contributed by atoms with Crippen molar-refractivity contribution in [3.63, 3.8) is 0 Å². The highest BCUT2D eigenvalue weighted by molar-refractivity contribution is 7.13. The van der Waals surface area contributed by atoms with Gasteiger partial charge < -0.3 is 24.4 Å². The number of ether oxygens (including phenoxy) is 3. The van der Waals surface area contributed by atoms with Crippen molar-refractivity contribution in [2.45, 2.75) is 18.9 Å². The van der Waals surface area contributed by atoms with Gasteiger partial charge in [-0.05, 0) is 25.0 Å². The minimum absolute atomic E-state index is 0.137. The first-order valence-corrected chi connectivity index (χ1v) is 9.29. The summed E-state index contributed by atoms with van der Waals surface area (Å²) in [6, 6.07) is 3.47. The molecule has 2 aromatic rings. The van der Waals surface area contributed by atoms with Gasteiger partial charge >= 0.3 is 0 Å². The van der Waals surface area contributed by atoms with E-state index in [0.29, 0.717) is 22.8 Å². The second-order valence-corrected chi connectivity index (χ2v) is 6.84. The maximum absolute atomic E-state index is 12.7. The molecule has 3 rings (SSSR count). The van der Waals surface area contributed by atoms with Crippen molar-refractivity contribution in [3.8, 4) is 17.2 Å². The Kier molecular flexibility index (Phi) is 5.82. The average molecular weight is 377 g/mol. The zero-order chi connectivity index (χ0) is 18.5. The number of carbonyl (C=O) groups is 1. The topological polar surface area (TPSA) is 72.9 Å². The fourth-order valence-corrected chi connectivity index (χ4v) is 3.76. The number of nitrogens with zero attached hydrogens (tertiary/aromatic N) is 2.